The van der Waals surface area contributed by atoms with E-state index < -0.39 is 24.0 Å². The van der Waals surface area contributed by atoms with E-state index in [4.69, 9.17) is 4.42 Å². The summed E-state index contributed by atoms with van der Waals surface area (Å²) in [6, 6.07) is 14.3. The monoisotopic (exact) mass is 490 g/mol. The van der Waals surface area contributed by atoms with Gasteiger partial charge in [-0.15, -0.1) is 0 Å². The minimum Gasteiger partial charge on any atom is -0.441 e. The molecule has 9 heteroatoms. The number of benzene rings is 2. The van der Waals surface area contributed by atoms with Crippen molar-refractivity contribution in [2.45, 2.75) is 32.7 Å². The third kappa shape index (κ3) is 6.38. The molecule has 0 saturated heterocycles. The van der Waals surface area contributed by atoms with Crippen molar-refractivity contribution >= 4 is 17.5 Å². The largest absolute Gasteiger partial charge is 0.441 e. The Morgan fingerprint density at radius 1 is 1.00 bits per heavy atom. The number of pyridine rings is 1. The predicted molar refractivity (Wildman–Crippen MR) is 130 cm³/mol. The molecule has 0 aliphatic carbocycles. The van der Waals surface area contributed by atoms with Crippen molar-refractivity contribution in [2.24, 2.45) is 0 Å². The quantitative estimate of drug-likeness (QED) is 0.353. The first-order valence-corrected chi connectivity index (χ1v) is 11.3. The van der Waals surface area contributed by atoms with E-state index in [0.29, 0.717) is 41.4 Å². The number of oxazole rings is 1. The van der Waals surface area contributed by atoms with Crippen LogP contribution in [0.15, 0.2) is 71.4 Å². The van der Waals surface area contributed by atoms with Gasteiger partial charge in [0.15, 0.2) is 0 Å². The molecule has 0 spiro atoms. The maximum Gasteiger partial charge on any atom is 0.226 e. The van der Waals surface area contributed by atoms with E-state index in [-0.39, 0.29) is 18.0 Å². The van der Waals surface area contributed by atoms with Gasteiger partial charge in [-0.25, -0.2) is 13.8 Å². The van der Waals surface area contributed by atoms with Crippen molar-refractivity contribution in [3.05, 3.63) is 101 Å². The molecular weight excluding hydrogens is 466 g/mol. The molecule has 0 fully saturated rings. The van der Waals surface area contributed by atoms with Crippen LogP contribution in [0.4, 0.5) is 14.5 Å². The Balaban J connectivity index is 1.35. The molecule has 2 aromatic heterocycles. The Kier molecular flexibility index (Phi) is 7.79. The van der Waals surface area contributed by atoms with Crippen LogP contribution >= 0.6 is 0 Å². The molecule has 0 saturated carbocycles. The van der Waals surface area contributed by atoms with Gasteiger partial charge in [0.05, 0.1) is 13.0 Å². The van der Waals surface area contributed by atoms with Gasteiger partial charge in [-0.3, -0.25) is 14.6 Å². The molecule has 7 nitrogen and oxygen atoms in total. The lowest BCUT2D eigenvalue weighted by Gasteiger charge is -2.06. The Morgan fingerprint density at radius 2 is 1.78 bits per heavy atom. The van der Waals surface area contributed by atoms with Crippen molar-refractivity contribution in [3.8, 4) is 11.5 Å². The minimum atomic E-state index is -0.769. The second kappa shape index (κ2) is 11.4. The van der Waals surface area contributed by atoms with E-state index in [0.717, 1.165) is 17.7 Å². The zero-order chi connectivity index (χ0) is 25.5. The van der Waals surface area contributed by atoms with Crippen LogP contribution in [0.1, 0.15) is 29.0 Å². The van der Waals surface area contributed by atoms with Crippen molar-refractivity contribution in [1.82, 2.24) is 15.3 Å². The molecule has 2 aromatic carbocycles. The van der Waals surface area contributed by atoms with Crippen LogP contribution in [-0.4, -0.2) is 21.8 Å². The van der Waals surface area contributed by atoms with Gasteiger partial charge in [0, 0.05) is 35.6 Å². The fourth-order valence-corrected chi connectivity index (χ4v) is 3.58. The van der Waals surface area contributed by atoms with Crippen molar-refractivity contribution in [1.29, 1.82) is 0 Å². The standard InChI is InChI=1S/C27H24F2N4O3/c1-17-24(16-31-26(35)14-21-22(28)8-3-9-23(21)29)33-27(36-17)19-6-2-7-20(13-19)32-25(34)11-10-18-5-4-12-30-15-18/h2-9,12-13,15H,10-11,14,16H2,1H3,(H,31,35)(H,32,34). The second-order valence-electron chi connectivity index (χ2n) is 8.17. The van der Waals surface area contributed by atoms with Gasteiger partial charge < -0.3 is 15.1 Å². The highest BCUT2D eigenvalue weighted by molar-refractivity contribution is 5.91. The molecule has 4 aromatic rings. The Bertz CT molecular complexity index is 1350. The van der Waals surface area contributed by atoms with Gasteiger partial charge in [0.25, 0.3) is 0 Å². The minimum absolute atomic E-state index is 0.0367. The van der Waals surface area contributed by atoms with Crippen LogP contribution in [-0.2, 0) is 29.0 Å². The normalized spacial score (nSPS) is 10.8. The van der Waals surface area contributed by atoms with Crippen LogP contribution in [0.2, 0.25) is 0 Å². The van der Waals surface area contributed by atoms with Gasteiger partial charge in [0.2, 0.25) is 17.7 Å². The molecule has 2 amide bonds. The van der Waals surface area contributed by atoms with Gasteiger partial charge in [-0.05, 0) is 55.3 Å². The van der Waals surface area contributed by atoms with Crippen LogP contribution in [0.5, 0.6) is 0 Å². The summed E-state index contributed by atoms with van der Waals surface area (Å²) in [6.45, 7) is 1.74. The Morgan fingerprint density at radius 3 is 2.53 bits per heavy atom. The summed E-state index contributed by atoms with van der Waals surface area (Å²) in [7, 11) is 0. The first-order chi connectivity index (χ1) is 17.4. The third-order valence-corrected chi connectivity index (χ3v) is 5.50. The number of hydrogen-bond acceptors (Lipinski definition) is 5. The molecule has 2 N–H and O–H groups in total. The fraction of sp³-hybridized carbons (Fsp3) is 0.185. The van der Waals surface area contributed by atoms with Gasteiger partial charge >= 0.3 is 0 Å². The summed E-state index contributed by atoms with van der Waals surface area (Å²) in [6.07, 6.45) is 3.89. The third-order valence-electron chi connectivity index (χ3n) is 5.50. The second-order valence-corrected chi connectivity index (χ2v) is 8.17. The first-order valence-electron chi connectivity index (χ1n) is 11.3. The highest BCUT2D eigenvalue weighted by Gasteiger charge is 2.16. The zero-order valence-corrected chi connectivity index (χ0v) is 19.6. The number of halogens is 2. The first kappa shape index (κ1) is 24.7. The summed E-state index contributed by atoms with van der Waals surface area (Å²) in [5, 5.41) is 5.49. The summed E-state index contributed by atoms with van der Waals surface area (Å²) in [5.41, 5.74) is 2.43. The van der Waals surface area contributed by atoms with E-state index >= 15 is 0 Å². The van der Waals surface area contributed by atoms with Crippen LogP contribution in [0.3, 0.4) is 0 Å². The SMILES string of the molecule is Cc1oc(-c2cccc(NC(=O)CCc3cccnc3)c2)nc1CNC(=O)Cc1c(F)cccc1F. The summed E-state index contributed by atoms with van der Waals surface area (Å²) in [5.74, 6) is -1.40. The highest BCUT2D eigenvalue weighted by atomic mass is 19.1. The lowest BCUT2D eigenvalue weighted by Crippen LogP contribution is -2.25. The number of anilines is 1. The predicted octanol–water partition coefficient (Wildman–Crippen LogP) is 4.75. The number of carbonyl (C=O) groups excluding carboxylic acids is 2. The van der Waals surface area contributed by atoms with Gasteiger partial charge in [-0.1, -0.05) is 18.2 Å². The number of nitrogens with one attached hydrogen (secondary N) is 2. The summed E-state index contributed by atoms with van der Waals surface area (Å²) in [4.78, 5) is 33.1. The average molecular weight is 491 g/mol. The number of aromatic nitrogens is 2. The summed E-state index contributed by atoms with van der Waals surface area (Å²) >= 11 is 0. The molecule has 2 heterocycles. The van der Waals surface area contributed by atoms with Gasteiger partial charge in [-0.2, -0.15) is 0 Å². The maximum atomic E-state index is 13.8. The van der Waals surface area contributed by atoms with E-state index in [9.17, 15) is 18.4 Å². The van der Waals surface area contributed by atoms with Crippen molar-refractivity contribution in [2.75, 3.05) is 5.32 Å². The number of rotatable bonds is 9. The van der Waals surface area contributed by atoms with Crippen LogP contribution in [0.25, 0.3) is 11.5 Å². The fourth-order valence-electron chi connectivity index (χ4n) is 3.58. The topological polar surface area (TPSA) is 97.1 Å². The van der Waals surface area contributed by atoms with Crippen LogP contribution < -0.4 is 10.6 Å². The van der Waals surface area contributed by atoms with Crippen molar-refractivity contribution in [3.63, 3.8) is 0 Å². The van der Waals surface area contributed by atoms with E-state index in [2.05, 4.69) is 20.6 Å². The molecule has 0 atom stereocenters. The van der Waals surface area contributed by atoms with E-state index in [1.807, 2.05) is 12.1 Å². The molecule has 0 radical (unpaired) electrons. The highest BCUT2D eigenvalue weighted by Crippen LogP contribution is 2.24. The number of nitrogens with zero attached hydrogens (tertiary/aromatic N) is 2. The lowest BCUT2D eigenvalue weighted by molar-refractivity contribution is -0.120. The average Bonchev–Trinajstić information content (AvgIpc) is 3.25. The van der Waals surface area contributed by atoms with Crippen molar-refractivity contribution < 1.29 is 22.8 Å². The number of amides is 2. The van der Waals surface area contributed by atoms with Crippen LogP contribution in [0, 0.1) is 18.6 Å². The lowest BCUT2D eigenvalue weighted by atomic mass is 10.1. The number of hydrogen-bond donors (Lipinski definition) is 2. The Hall–Kier alpha value is -4.40. The molecule has 0 bridgehead atoms. The molecule has 36 heavy (non-hydrogen) atoms. The Labute approximate surface area is 206 Å². The molecule has 184 valence electrons. The molecule has 0 aliphatic rings. The zero-order valence-electron chi connectivity index (χ0n) is 19.6. The smallest absolute Gasteiger partial charge is 0.226 e. The van der Waals surface area contributed by atoms with E-state index in [1.165, 1.54) is 6.07 Å². The van der Waals surface area contributed by atoms with Gasteiger partial charge in [0.1, 0.15) is 23.1 Å². The summed E-state index contributed by atoms with van der Waals surface area (Å²) < 4.78 is 33.3. The van der Waals surface area contributed by atoms with E-state index in [1.54, 1.807) is 43.6 Å². The molecule has 0 aliphatic heterocycles. The molecule has 4 rings (SSSR count). The number of carbonyl (C=O) groups is 2. The maximum absolute atomic E-state index is 13.8. The number of aryl methyl sites for hydroxylation is 2. The molecular formula is C27H24F2N4O3. The molecule has 0 unspecified atom stereocenters.